The molecule has 0 aromatic heterocycles. The molecule has 0 atom stereocenters. The van der Waals surface area contributed by atoms with Gasteiger partial charge in [-0.1, -0.05) is 18.2 Å². The molecule has 2 aromatic carbocycles. The fourth-order valence-corrected chi connectivity index (χ4v) is 2.65. The molecule has 0 radical (unpaired) electrons. The smallest absolute Gasteiger partial charge is 0.277 e. The zero-order chi connectivity index (χ0) is 14.8. The molecule has 1 aliphatic heterocycles. The van der Waals surface area contributed by atoms with Gasteiger partial charge in [0.2, 0.25) is 6.79 Å². The van der Waals surface area contributed by atoms with Crippen molar-refractivity contribution in [3.05, 3.63) is 68.2 Å². The van der Waals surface area contributed by atoms with E-state index in [1.54, 1.807) is 36.4 Å². The average Bonchev–Trinajstić information content (AvgIpc) is 2.94. The number of halogens is 1. The third kappa shape index (κ3) is 2.75. The summed E-state index contributed by atoms with van der Waals surface area (Å²) in [6.45, 7) is 0.155. The Labute approximate surface area is 129 Å². The molecule has 0 fully saturated rings. The SMILES string of the molecule is O=[N+]([O-])C(=Cc1cc(Br)c2c(c1)OCO2)c1ccccc1. The Morgan fingerprint density at radius 2 is 2.00 bits per heavy atom. The van der Waals surface area contributed by atoms with Crippen LogP contribution in [-0.4, -0.2) is 11.7 Å². The molecule has 0 saturated carbocycles. The van der Waals surface area contributed by atoms with Gasteiger partial charge in [0.15, 0.2) is 11.5 Å². The van der Waals surface area contributed by atoms with Crippen molar-refractivity contribution in [3.63, 3.8) is 0 Å². The predicted octanol–water partition coefficient (Wildman–Crippen LogP) is 3.95. The molecule has 106 valence electrons. The van der Waals surface area contributed by atoms with Gasteiger partial charge in [0, 0.05) is 6.08 Å². The minimum Gasteiger partial charge on any atom is -0.454 e. The molecule has 0 spiro atoms. The van der Waals surface area contributed by atoms with Gasteiger partial charge < -0.3 is 9.47 Å². The van der Waals surface area contributed by atoms with E-state index in [2.05, 4.69) is 15.9 Å². The first-order valence-electron chi connectivity index (χ1n) is 6.16. The Balaban J connectivity index is 2.07. The molecule has 3 rings (SSSR count). The Bertz CT molecular complexity index is 728. The van der Waals surface area contributed by atoms with Crippen LogP contribution in [0.4, 0.5) is 0 Å². The summed E-state index contributed by atoms with van der Waals surface area (Å²) >= 11 is 3.38. The average molecular weight is 348 g/mol. The zero-order valence-electron chi connectivity index (χ0n) is 10.8. The van der Waals surface area contributed by atoms with Crippen LogP contribution < -0.4 is 9.47 Å². The topological polar surface area (TPSA) is 61.6 Å². The molecule has 21 heavy (non-hydrogen) atoms. The number of nitrogens with zero attached hydrogens (tertiary/aromatic N) is 1. The van der Waals surface area contributed by atoms with Gasteiger partial charge in [-0.2, -0.15) is 0 Å². The summed E-state index contributed by atoms with van der Waals surface area (Å²) in [7, 11) is 0. The van der Waals surface area contributed by atoms with Crippen molar-refractivity contribution in [1.82, 2.24) is 0 Å². The highest BCUT2D eigenvalue weighted by atomic mass is 79.9. The number of hydrogen-bond acceptors (Lipinski definition) is 4. The Kier molecular flexibility index (Phi) is 3.62. The van der Waals surface area contributed by atoms with E-state index in [1.807, 2.05) is 6.07 Å². The van der Waals surface area contributed by atoms with Crippen LogP contribution >= 0.6 is 15.9 Å². The molecule has 0 amide bonds. The maximum absolute atomic E-state index is 11.3. The monoisotopic (exact) mass is 347 g/mol. The largest absolute Gasteiger partial charge is 0.454 e. The van der Waals surface area contributed by atoms with Crippen LogP contribution in [0.2, 0.25) is 0 Å². The quantitative estimate of drug-likeness (QED) is 0.479. The van der Waals surface area contributed by atoms with Crippen LogP contribution in [-0.2, 0) is 0 Å². The highest BCUT2D eigenvalue weighted by molar-refractivity contribution is 9.10. The van der Waals surface area contributed by atoms with E-state index in [0.29, 0.717) is 27.1 Å². The lowest BCUT2D eigenvalue weighted by molar-refractivity contribution is -0.374. The number of ether oxygens (including phenoxy) is 2. The molecule has 0 saturated heterocycles. The second-order valence-electron chi connectivity index (χ2n) is 4.39. The molecule has 0 aliphatic carbocycles. The van der Waals surface area contributed by atoms with Gasteiger partial charge >= 0.3 is 0 Å². The summed E-state index contributed by atoms with van der Waals surface area (Å²) in [6.07, 6.45) is 1.52. The van der Waals surface area contributed by atoms with Crippen LogP contribution in [0.15, 0.2) is 46.9 Å². The van der Waals surface area contributed by atoms with Gasteiger partial charge in [-0.15, -0.1) is 0 Å². The summed E-state index contributed by atoms with van der Waals surface area (Å²) in [6, 6.07) is 12.2. The fraction of sp³-hybridized carbons (Fsp3) is 0.0667. The molecule has 0 unspecified atom stereocenters. The van der Waals surface area contributed by atoms with Crippen LogP contribution in [0.25, 0.3) is 11.8 Å². The second kappa shape index (κ2) is 5.57. The van der Waals surface area contributed by atoms with E-state index < -0.39 is 4.92 Å². The van der Waals surface area contributed by atoms with Crippen molar-refractivity contribution in [2.45, 2.75) is 0 Å². The molecule has 2 aromatic rings. The van der Waals surface area contributed by atoms with Gasteiger partial charge in [-0.25, -0.2) is 0 Å². The highest BCUT2D eigenvalue weighted by Gasteiger charge is 2.19. The first-order chi connectivity index (χ1) is 10.1. The van der Waals surface area contributed by atoms with E-state index >= 15 is 0 Å². The minimum atomic E-state index is -0.395. The molecule has 1 heterocycles. The molecule has 1 aliphatic rings. The van der Waals surface area contributed by atoms with Gasteiger partial charge in [0.1, 0.15) is 0 Å². The molecule has 0 bridgehead atoms. The third-order valence-electron chi connectivity index (χ3n) is 3.02. The van der Waals surface area contributed by atoms with Gasteiger partial charge in [-0.3, -0.25) is 10.1 Å². The maximum atomic E-state index is 11.3. The summed E-state index contributed by atoms with van der Waals surface area (Å²) < 4.78 is 11.3. The number of benzene rings is 2. The van der Waals surface area contributed by atoms with Crippen LogP contribution in [0.3, 0.4) is 0 Å². The van der Waals surface area contributed by atoms with E-state index in [4.69, 9.17) is 9.47 Å². The summed E-state index contributed by atoms with van der Waals surface area (Å²) in [5.41, 5.74) is 1.25. The summed E-state index contributed by atoms with van der Waals surface area (Å²) in [5, 5.41) is 11.3. The molecule has 6 heteroatoms. The first kappa shape index (κ1) is 13.6. The molecular formula is C15H10BrNO4. The fourth-order valence-electron chi connectivity index (χ4n) is 2.08. The molecular weight excluding hydrogens is 338 g/mol. The van der Waals surface area contributed by atoms with E-state index in [0.717, 1.165) is 0 Å². The van der Waals surface area contributed by atoms with Gasteiger partial charge in [0.05, 0.1) is 15.0 Å². The van der Waals surface area contributed by atoms with Gasteiger partial charge in [0.25, 0.3) is 5.70 Å². The Morgan fingerprint density at radius 3 is 2.71 bits per heavy atom. The lowest BCUT2D eigenvalue weighted by Crippen LogP contribution is -1.97. The number of hydrogen-bond donors (Lipinski definition) is 0. The van der Waals surface area contributed by atoms with Crippen molar-refractivity contribution in [2.75, 3.05) is 6.79 Å². The highest BCUT2D eigenvalue weighted by Crippen LogP contribution is 2.40. The van der Waals surface area contributed by atoms with E-state index in [-0.39, 0.29) is 12.5 Å². The van der Waals surface area contributed by atoms with Crippen LogP contribution in [0.5, 0.6) is 11.5 Å². The van der Waals surface area contributed by atoms with Crippen LogP contribution in [0.1, 0.15) is 11.1 Å². The number of fused-ring (bicyclic) bond motifs is 1. The Hall–Kier alpha value is -2.34. The second-order valence-corrected chi connectivity index (χ2v) is 5.24. The molecule has 5 nitrogen and oxygen atoms in total. The third-order valence-corrected chi connectivity index (χ3v) is 3.61. The van der Waals surface area contributed by atoms with Crippen molar-refractivity contribution >= 4 is 27.7 Å². The van der Waals surface area contributed by atoms with Gasteiger partial charge in [-0.05, 0) is 45.8 Å². The first-order valence-corrected chi connectivity index (χ1v) is 6.95. The van der Waals surface area contributed by atoms with Crippen molar-refractivity contribution in [2.24, 2.45) is 0 Å². The van der Waals surface area contributed by atoms with Crippen molar-refractivity contribution in [1.29, 1.82) is 0 Å². The number of nitro groups is 1. The zero-order valence-corrected chi connectivity index (χ0v) is 12.4. The lowest BCUT2D eigenvalue weighted by atomic mass is 10.1. The minimum absolute atomic E-state index is 0.0290. The normalized spacial score (nSPS) is 13.3. The van der Waals surface area contributed by atoms with E-state index in [9.17, 15) is 10.1 Å². The lowest BCUT2D eigenvalue weighted by Gasteiger charge is -2.03. The number of rotatable bonds is 3. The van der Waals surface area contributed by atoms with Crippen molar-refractivity contribution < 1.29 is 14.4 Å². The molecule has 0 N–H and O–H groups in total. The summed E-state index contributed by atoms with van der Waals surface area (Å²) in [4.78, 5) is 10.9. The van der Waals surface area contributed by atoms with E-state index in [1.165, 1.54) is 6.08 Å². The predicted molar refractivity (Wildman–Crippen MR) is 81.6 cm³/mol. The van der Waals surface area contributed by atoms with Crippen molar-refractivity contribution in [3.8, 4) is 11.5 Å². The maximum Gasteiger partial charge on any atom is 0.277 e. The summed E-state index contributed by atoms with van der Waals surface area (Å²) in [5.74, 6) is 1.20. The van der Waals surface area contributed by atoms with Crippen LogP contribution in [0, 0.1) is 10.1 Å². The Morgan fingerprint density at radius 1 is 1.24 bits per heavy atom. The standard InChI is InChI=1S/C15H10BrNO4/c16-12-6-10(8-14-15(12)21-9-20-14)7-13(17(18)19)11-4-2-1-3-5-11/h1-8H,9H2.